The summed E-state index contributed by atoms with van der Waals surface area (Å²) in [5.41, 5.74) is 2.51. The first kappa shape index (κ1) is 18.6. The van der Waals surface area contributed by atoms with Gasteiger partial charge in [-0.3, -0.25) is 9.69 Å². The highest BCUT2D eigenvalue weighted by molar-refractivity contribution is 6.31. The molecule has 0 heterocycles. The minimum absolute atomic E-state index is 0.108. The summed E-state index contributed by atoms with van der Waals surface area (Å²) >= 11 is 12.1. The molecule has 24 heavy (non-hydrogen) atoms. The number of anilines is 1. The first-order chi connectivity index (χ1) is 11.4. The van der Waals surface area contributed by atoms with E-state index in [-0.39, 0.29) is 12.5 Å². The summed E-state index contributed by atoms with van der Waals surface area (Å²) in [6, 6.07) is 10.9. The summed E-state index contributed by atoms with van der Waals surface area (Å²) in [6.07, 6.45) is 0. The molecule has 0 radical (unpaired) electrons. The Bertz CT molecular complexity index is 735. The Labute approximate surface area is 152 Å². The molecule has 6 heteroatoms. The Morgan fingerprint density at radius 1 is 1.25 bits per heavy atom. The van der Waals surface area contributed by atoms with Gasteiger partial charge in [-0.25, -0.2) is 0 Å². The number of amides is 1. The minimum atomic E-state index is -0.108. The molecule has 0 spiro atoms. The molecule has 4 nitrogen and oxygen atoms in total. The Hall–Kier alpha value is -1.75. The van der Waals surface area contributed by atoms with Gasteiger partial charge in [-0.2, -0.15) is 0 Å². The van der Waals surface area contributed by atoms with Crippen LogP contribution in [0.1, 0.15) is 11.1 Å². The highest BCUT2D eigenvalue weighted by Gasteiger charge is 2.12. The van der Waals surface area contributed by atoms with Crippen LogP contribution in [0.15, 0.2) is 36.4 Å². The van der Waals surface area contributed by atoms with Crippen molar-refractivity contribution >= 4 is 34.8 Å². The predicted molar refractivity (Wildman–Crippen MR) is 99.2 cm³/mol. The molecule has 0 unspecified atom stereocenters. The molecule has 0 fully saturated rings. The topological polar surface area (TPSA) is 41.6 Å². The SMILES string of the molecule is COc1ccc(Cl)cc1CN(C)CC(=O)Nc1cccc(Cl)c1C. The normalized spacial score (nSPS) is 10.8. The Balaban J connectivity index is 1.99. The van der Waals surface area contributed by atoms with Crippen LogP contribution in [0.3, 0.4) is 0 Å². The fourth-order valence-electron chi connectivity index (χ4n) is 2.40. The van der Waals surface area contributed by atoms with Crippen molar-refractivity contribution in [2.24, 2.45) is 0 Å². The molecular weight excluding hydrogens is 347 g/mol. The molecule has 2 rings (SSSR count). The van der Waals surface area contributed by atoms with Gasteiger partial charge in [0.15, 0.2) is 0 Å². The molecular formula is C18H20Cl2N2O2. The van der Waals surface area contributed by atoms with Crippen LogP contribution in [0.2, 0.25) is 10.0 Å². The molecule has 2 aromatic carbocycles. The number of carbonyl (C=O) groups excluding carboxylic acids is 1. The van der Waals surface area contributed by atoms with E-state index in [0.29, 0.717) is 16.6 Å². The van der Waals surface area contributed by atoms with Gasteiger partial charge in [0, 0.05) is 27.8 Å². The summed E-state index contributed by atoms with van der Waals surface area (Å²) in [5.74, 6) is 0.640. The Kier molecular flexibility index (Phi) is 6.49. The maximum Gasteiger partial charge on any atom is 0.238 e. The second kappa shape index (κ2) is 8.38. The molecule has 1 amide bonds. The average Bonchev–Trinajstić information content (AvgIpc) is 2.52. The van der Waals surface area contributed by atoms with E-state index in [1.165, 1.54) is 0 Å². The predicted octanol–water partition coefficient (Wildman–Crippen LogP) is 4.38. The zero-order chi connectivity index (χ0) is 17.7. The van der Waals surface area contributed by atoms with Crippen molar-refractivity contribution in [2.45, 2.75) is 13.5 Å². The molecule has 0 aliphatic heterocycles. The summed E-state index contributed by atoms with van der Waals surface area (Å²) < 4.78 is 5.33. The van der Waals surface area contributed by atoms with Crippen LogP contribution in [0.25, 0.3) is 0 Å². The zero-order valence-corrected chi connectivity index (χ0v) is 15.4. The number of hydrogen-bond acceptors (Lipinski definition) is 3. The first-order valence-electron chi connectivity index (χ1n) is 7.46. The number of benzene rings is 2. The number of rotatable bonds is 6. The van der Waals surface area contributed by atoms with Crippen LogP contribution in [0.4, 0.5) is 5.69 Å². The van der Waals surface area contributed by atoms with Crippen molar-refractivity contribution in [3.8, 4) is 5.75 Å². The maximum atomic E-state index is 12.2. The lowest BCUT2D eigenvalue weighted by Crippen LogP contribution is -2.30. The third kappa shape index (κ3) is 4.87. The molecule has 1 N–H and O–H groups in total. The standard InChI is InChI=1S/C18H20Cl2N2O2/c1-12-15(20)5-4-6-16(12)21-18(23)11-22(2)10-13-9-14(19)7-8-17(13)24-3/h4-9H,10-11H2,1-3H3,(H,21,23). The van der Waals surface area contributed by atoms with E-state index in [1.807, 2.05) is 43.1 Å². The van der Waals surface area contributed by atoms with Crippen LogP contribution in [-0.4, -0.2) is 31.5 Å². The Morgan fingerprint density at radius 2 is 2.00 bits per heavy atom. The van der Waals surface area contributed by atoms with Gasteiger partial charge in [-0.15, -0.1) is 0 Å². The van der Waals surface area contributed by atoms with Gasteiger partial charge >= 0.3 is 0 Å². The van der Waals surface area contributed by atoms with Crippen LogP contribution in [0.5, 0.6) is 5.75 Å². The van der Waals surface area contributed by atoms with E-state index in [4.69, 9.17) is 27.9 Å². The maximum absolute atomic E-state index is 12.2. The molecule has 0 bridgehead atoms. The van der Waals surface area contributed by atoms with Gasteiger partial charge in [0.1, 0.15) is 5.75 Å². The quantitative estimate of drug-likeness (QED) is 0.824. The number of halogens is 2. The van der Waals surface area contributed by atoms with Crippen molar-refractivity contribution in [3.05, 3.63) is 57.6 Å². The molecule has 0 atom stereocenters. The van der Waals surface area contributed by atoms with Gasteiger partial charge < -0.3 is 10.1 Å². The number of nitrogens with one attached hydrogen (secondary N) is 1. The lowest BCUT2D eigenvalue weighted by Gasteiger charge is -2.19. The molecule has 0 saturated heterocycles. The number of methoxy groups -OCH3 is 1. The summed E-state index contributed by atoms with van der Waals surface area (Å²) in [4.78, 5) is 14.1. The Morgan fingerprint density at radius 3 is 2.71 bits per heavy atom. The molecule has 128 valence electrons. The fourth-order valence-corrected chi connectivity index (χ4v) is 2.76. The van der Waals surface area contributed by atoms with E-state index < -0.39 is 0 Å². The van der Waals surface area contributed by atoms with E-state index in [1.54, 1.807) is 19.2 Å². The summed E-state index contributed by atoms with van der Waals surface area (Å²) in [6.45, 7) is 2.66. The van der Waals surface area contributed by atoms with Crippen LogP contribution in [0, 0.1) is 6.92 Å². The van der Waals surface area contributed by atoms with Gasteiger partial charge in [0.05, 0.1) is 13.7 Å². The van der Waals surface area contributed by atoms with E-state index in [2.05, 4.69) is 5.32 Å². The number of nitrogens with zero attached hydrogens (tertiary/aromatic N) is 1. The van der Waals surface area contributed by atoms with Crippen LogP contribution < -0.4 is 10.1 Å². The lowest BCUT2D eigenvalue weighted by atomic mass is 10.2. The van der Waals surface area contributed by atoms with Crippen molar-refractivity contribution in [1.29, 1.82) is 0 Å². The largest absolute Gasteiger partial charge is 0.496 e. The average molecular weight is 367 g/mol. The fraction of sp³-hybridized carbons (Fsp3) is 0.278. The molecule has 0 aliphatic carbocycles. The number of hydrogen-bond donors (Lipinski definition) is 1. The highest BCUT2D eigenvalue weighted by Crippen LogP contribution is 2.24. The third-order valence-corrected chi connectivity index (χ3v) is 4.28. The second-order valence-electron chi connectivity index (χ2n) is 5.59. The van der Waals surface area contributed by atoms with Crippen LogP contribution >= 0.6 is 23.2 Å². The minimum Gasteiger partial charge on any atom is -0.496 e. The van der Waals surface area contributed by atoms with Gasteiger partial charge in [0.2, 0.25) is 5.91 Å². The molecule has 0 aliphatic rings. The number of ether oxygens (including phenoxy) is 1. The van der Waals surface area contributed by atoms with Crippen LogP contribution in [-0.2, 0) is 11.3 Å². The lowest BCUT2D eigenvalue weighted by molar-refractivity contribution is -0.117. The van der Waals surface area contributed by atoms with Gasteiger partial charge in [-0.05, 0) is 49.9 Å². The first-order valence-corrected chi connectivity index (χ1v) is 8.22. The summed E-state index contributed by atoms with van der Waals surface area (Å²) in [5, 5.41) is 4.15. The van der Waals surface area contributed by atoms with Crippen molar-refractivity contribution in [3.63, 3.8) is 0 Å². The van der Waals surface area contributed by atoms with Gasteiger partial charge in [0.25, 0.3) is 0 Å². The number of likely N-dealkylation sites (N-methyl/N-ethyl adjacent to an activating group) is 1. The van der Waals surface area contributed by atoms with Crippen molar-refractivity contribution in [1.82, 2.24) is 4.90 Å². The molecule has 2 aromatic rings. The summed E-state index contributed by atoms with van der Waals surface area (Å²) in [7, 11) is 3.48. The van der Waals surface area contributed by atoms with Gasteiger partial charge in [-0.1, -0.05) is 29.3 Å². The van der Waals surface area contributed by atoms with Crippen molar-refractivity contribution < 1.29 is 9.53 Å². The third-order valence-electron chi connectivity index (χ3n) is 3.64. The van der Waals surface area contributed by atoms with Crippen molar-refractivity contribution in [2.75, 3.05) is 26.0 Å². The monoisotopic (exact) mass is 366 g/mol. The second-order valence-corrected chi connectivity index (χ2v) is 6.43. The zero-order valence-electron chi connectivity index (χ0n) is 13.9. The highest BCUT2D eigenvalue weighted by atomic mass is 35.5. The van der Waals surface area contributed by atoms with E-state index >= 15 is 0 Å². The van der Waals surface area contributed by atoms with E-state index in [9.17, 15) is 4.79 Å². The number of carbonyl (C=O) groups is 1. The molecule has 0 aromatic heterocycles. The smallest absolute Gasteiger partial charge is 0.238 e. The van der Waals surface area contributed by atoms with E-state index in [0.717, 1.165) is 22.6 Å². The molecule has 0 saturated carbocycles.